The predicted molar refractivity (Wildman–Crippen MR) is 99.5 cm³/mol. The molecule has 0 aromatic heterocycles. The largest absolute Gasteiger partial charge is 0.497 e. The maximum absolute atomic E-state index is 11.5. The van der Waals surface area contributed by atoms with Crippen LogP contribution in [0.15, 0.2) is 48.5 Å². The maximum atomic E-state index is 11.5. The van der Waals surface area contributed by atoms with Crippen molar-refractivity contribution in [2.24, 2.45) is 0 Å². The molecular weight excluding hydrogens is 330 g/mol. The molecule has 26 heavy (non-hydrogen) atoms. The summed E-state index contributed by atoms with van der Waals surface area (Å²) in [6, 6.07) is 15.8. The van der Waals surface area contributed by atoms with E-state index in [0.717, 1.165) is 38.4 Å². The Labute approximate surface area is 154 Å². The summed E-state index contributed by atoms with van der Waals surface area (Å²) in [5, 5.41) is 0. The van der Waals surface area contributed by atoms with Crippen LogP contribution in [0.4, 0.5) is 0 Å². The van der Waals surface area contributed by atoms with Gasteiger partial charge in [0.15, 0.2) is 0 Å². The molecule has 0 unspecified atom stereocenters. The zero-order chi connectivity index (χ0) is 18.4. The van der Waals surface area contributed by atoms with Gasteiger partial charge in [0.1, 0.15) is 5.75 Å². The molecule has 0 aliphatic carbocycles. The van der Waals surface area contributed by atoms with Gasteiger partial charge in [-0.25, -0.2) is 4.79 Å². The first-order valence-electron chi connectivity index (χ1n) is 8.82. The molecule has 0 radical (unpaired) electrons. The van der Waals surface area contributed by atoms with Crippen LogP contribution < -0.4 is 4.74 Å². The summed E-state index contributed by atoms with van der Waals surface area (Å²) in [7, 11) is 3.07. The highest BCUT2D eigenvalue weighted by molar-refractivity contribution is 5.89. The molecule has 3 rings (SSSR count). The highest BCUT2D eigenvalue weighted by atomic mass is 16.5. The van der Waals surface area contributed by atoms with Crippen LogP contribution in [0, 0.1) is 0 Å². The van der Waals surface area contributed by atoms with E-state index in [4.69, 9.17) is 14.2 Å². The number of carbonyl (C=O) groups is 1. The van der Waals surface area contributed by atoms with E-state index in [9.17, 15) is 4.79 Å². The Hall–Kier alpha value is -2.37. The topological polar surface area (TPSA) is 48.0 Å². The van der Waals surface area contributed by atoms with Crippen molar-refractivity contribution in [2.75, 3.05) is 33.9 Å². The molecule has 1 saturated heterocycles. The van der Waals surface area contributed by atoms with Gasteiger partial charge < -0.3 is 14.2 Å². The Bertz CT molecular complexity index is 712. The van der Waals surface area contributed by atoms with Gasteiger partial charge in [-0.2, -0.15) is 0 Å². The van der Waals surface area contributed by atoms with E-state index in [0.29, 0.717) is 5.56 Å². The van der Waals surface area contributed by atoms with Gasteiger partial charge in [-0.3, -0.25) is 4.90 Å². The van der Waals surface area contributed by atoms with Crippen molar-refractivity contribution in [3.63, 3.8) is 0 Å². The van der Waals surface area contributed by atoms with Crippen LogP contribution in [0.3, 0.4) is 0 Å². The predicted octanol–water partition coefficient (Wildman–Crippen LogP) is 2.93. The molecule has 2 aromatic carbocycles. The molecule has 0 spiro atoms. The van der Waals surface area contributed by atoms with Crippen molar-refractivity contribution in [1.82, 2.24) is 4.90 Å². The number of esters is 1. The summed E-state index contributed by atoms with van der Waals surface area (Å²) in [6.45, 7) is 3.40. The molecule has 138 valence electrons. The van der Waals surface area contributed by atoms with Gasteiger partial charge in [0.2, 0.25) is 0 Å². The van der Waals surface area contributed by atoms with Crippen molar-refractivity contribution < 1.29 is 19.0 Å². The SMILES string of the molecule is COC(=O)c1ccc(CN2CCO[C@@H](Cc3ccc(OC)cc3)C2)cc1. The van der Waals surface area contributed by atoms with E-state index in [1.54, 1.807) is 7.11 Å². The minimum absolute atomic E-state index is 0.187. The number of nitrogens with zero attached hydrogens (tertiary/aromatic N) is 1. The molecule has 1 heterocycles. The van der Waals surface area contributed by atoms with Crippen molar-refractivity contribution in [1.29, 1.82) is 0 Å². The van der Waals surface area contributed by atoms with Crippen LogP contribution in [0.1, 0.15) is 21.5 Å². The summed E-state index contributed by atoms with van der Waals surface area (Å²) in [5.74, 6) is 0.567. The number of hydrogen-bond acceptors (Lipinski definition) is 5. The van der Waals surface area contributed by atoms with Crippen molar-refractivity contribution >= 4 is 5.97 Å². The number of ether oxygens (including phenoxy) is 3. The molecule has 0 bridgehead atoms. The maximum Gasteiger partial charge on any atom is 0.337 e. The van der Waals surface area contributed by atoms with E-state index in [-0.39, 0.29) is 12.1 Å². The van der Waals surface area contributed by atoms with Gasteiger partial charge >= 0.3 is 5.97 Å². The number of carbonyl (C=O) groups excluding carboxylic acids is 1. The quantitative estimate of drug-likeness (QED) is 0.746. The molecular formula is C21H25NO4. The Morgan fingerprint density at radius 3 is 2.42 bits per heavy atom. The fourth-order valence-corrected chi connectivity index (χ4v) is 3.19. The molecule has 0 N–H and O–H groups in total. The summed E-state index contributed by atoms with van der Waals surface area (Å²) in [6.07, 6.45) is 1.08. The first kappa shape index (κ1) is 18.4. The minimum atomic E-state index is -0.303. The fourth-order valence-electron chi connectivity index (χ4n) is 3.19. The minimum Gasteiger partial charge on any atom is -0.497 e. The Morgan fingerprint density at radius 2 is 1.77 bits per heavy atom. The molecule has 2 aromatic rings. The van der Waals surface area contributed by atoms with E-state index >= 15 is 0 Å². The van der Waals surface area contributed by atoms with Crippen molar-refractivity contribution in [3.05, 3.63) is 65.2 Å². The number of hydrogen-bond donors (Lipinski definition) is 0. The second-order valence-corrected chi connectivity index (χ2v) is 6.47. The number of rotatable bonds is 6. The molecule has 1 aliphatic heterocycles. The Morgan fingerprint density at radius 1 is 1.08 bits per heavy atom. The standard InChI is InChI=1S/C21H25NO4/c1-24-19-9-5-16(6-10-19)13-20-15-22(11-12-26-20)14-17-3-7-18(8-4-17)21(23)25-2/h3-10,20H,11-15H2,1-2H3/t20-/m0/s1. The molecule has 0 saturated carbocycles. The van der Waals surface area contributed by atoms with E-state index < -0.39 is 0 Å². The molecule has 1 atom stereocenters. The lowest BCUT2D eigenvalue weighted by Crippen LogP contribution is -2.42. The summed E-state index contributed by atoms with van der Waals surface area (Å²) < 4.78 is 15.9. The third kappa shape index (κ3) is 4.84. The van der Waals surface area contributed by atoms with Crippen molar-refractivity contribution in [2.45, 2.75) is 19.1 Å². The van der Waals surface area contributed by atoms with E-state index in [2.05, 4.69) is 17.0 Å². The smallest absolute Gasteiger partial charge is 0.337 e. The number of benzene rings is 2. The summed E-state index contributed by atoms with van der Waals surface area (Å²) >= 11 is 0. The number of methoxy groups -OCH3 is 2. The first-order chi connectivity index (χ1) is 12.7. The van der Waals surface area contributed by atoms with Crippen LogP contribution >= 0.6 is 0 Å². The average Bonchev–Trinajstić information content (AvgIpc) is 2.69. The van der Waals surface area contributed by atoms with Gasteiger partial charge in [-0.15, -0.1) is 0 Å². The van der Waals surface area contributed by atoms with Gasteiger partial charge in [-0.1, -0.05) is 24.3 Å². The Balaban J connectivity index is 1.55. The first-order valence-corrected chi connectivity index (χ1v) is 8.82. The van der Waals surface area contributed by atoms with E-state index in [1.807, 2.05) is 36.4 Å². The van der Waals surface area contributed by atoms with Crippen LogP contribution in [0.2, 0.25) is 0 Å². The summed E-state index contributed by atoms with van der Waals surface area (Å²) in [4.78, 5) is 13.9. The molecule has 5 nitrogen and oxygen atoms in total. The lowest BCUT2D eigenvalue weighted by molar-refractivity contribution is -0.0305. The van der Waals surface area contributed by atoms with Gasteiger partial charge in [0.05, 0.1) is 32.5 Å². The third-order valence-electron chi connectivity index (χ3n) is 4.63. The highest BCUT2D eigenvalue weighted by Gasteiger charge is 2.21. The lowest BCUT2D eigenvalue weighted by Gasteiger charge is -2.33. The van der Waals surface area contributed by atoms with Crippen LogP contribution in [-0.2, 0) is 22.4 Å². The zero-order valence-corrected chi connectivity index (χ0v) is 15.3. The fraction of sp³-hybridized carbons (Fsp3) is 0.381. The molecule has 0 amide bonds. The van der Waals surface area contributed by atoms with Gasteiger partial charge in [0.25, 0.3) is 0 Å². The van der Waals surface area contributed by atoms with Crippen LogP contribution in [0.25, 0.3) is 0 Å². The van der Waals surface area contributed by atoms with Gasteiger partial charge in [0, 0.05) is 19.6 Å². The molecule has 1 fully saturated rings. The Kier molecular flexibility index (Phi) is 6.26. The van der Waals surface area contributed by atoms with Gasteiger partial charge in [-0.05, 0) is 41.8 Å². The second kappa shape index (κ2) is 8.83. The molecule has 1 aliphatic rings. The summed E-state index contributed by atoms with van der Waals surface area (Å²) in [5.41, 5.74) is 3.01. The van der Waals surface area contributed by atoms with Crippen molar-refractivity contribution in [3.8, 4) is 5.75 Å². The second-order valence-electron chi connectivity index (χ2n) is 6.47. The zero-order valence-electron chi connectivity index (χ0n) is 15.3. The highest BCUT2D eigenvalue weighted by Crippen LogP contribution is 2.17. The molecule has 5 heteroatoms. The van der Waals surface area contributed by atoms with Crippen LogP contribution in [0.5, 0.6) is 5.75 Å². The monoisotopic (exact) mass is 355 g/mol. The normalized spacial score (nSPS) is 17.7. The lowest BCUT2D eigenvalue weighted by atomic mass is 10.1. The number of morpholine rings is 1. The average molecular weight is 355 g/mol. The third-order valence-corrected chi connectivity index (χ3v) is 4.63. The van der Waals surface area contributed by atoms with E-state index in [1.165, 1.54) is 18.2 Å². The van der Waals surface area contributed by atoms with Crippen LogP contribution in [-0.4, -0.2) is 50.9 Å².